The fraction of sp³-hybridized carbons (Fsp3) is 1.00. The van der Waals surface area contributed by atoms with Crippen molar-refractivity contribution in [3.8, 4) is 0 Å². The molecule has 2 aliphatic rings. The monoisotopic (exact) mass is 201 g/mol. The van der Waals surface area contributed by atoms with Crippen molar-refractivity contribution in [2.45, 2.75) is 63.4 Å². The second-order valence-electron chi connectivity index (χ2n) is 5.23. The van der Waals surface area contributed by atoms with Gasteiger partial charge in [0.05, 0.1) is 5.60 Å². The van der Waals surface area contributed by atoms with Crippen molar-refractivity contribution in [1.29, 1.82) is 0 Å². The van der Waals surface area contributed by atoms with Crippen molar-refractivity contribution in [3.63, 3.8) is 0 Å². The third-order valence-electron chi connectivity index (χ3n) is 3.25. The number of ether oxygens (including phenoxy) is 1. The molecule has 1 atom stereocenters. The molecule has 1 heterocycles. The molecular formula is C11H20FNO. The van der Waals surface area contributed by atoms with Gasteiger partial charge in [0.25, 0.3) is 0 Å². The summed E-state index contributed by atoms with van der Waals surface area (Å²) in [5.74, 6) is 0. The minimum atomic E-state index is -0.555. The van der Waals surface area contributed by atoms with E-state index in [0.717, 1.165) is 19.4 Å². The number of nitrogens with one attached hydrogen (secondary N) is 1. The molecule has 2 rings (SSSR count). The molecule has 0 bridgehead atoms. The maximum Gasteiger partial charge on any atom is 0.103 e. The molecule has 0 amide bonds. The topological polar surface area (TPSA) is 21.3 Å². The van der Waals surface area contributed by atoms with Crippen LogP contribution >= 0.6 is 0 Å². The standard InChI is InChI=1S/C11H20FNO/c1-11(2)7-9(3-4-14-11)13-10-5-8(12)6-10/h8-10,13H,3-7H2,1-2H3. The first-order chi connectivity index (χ1) is 6.55. The molecule has 0 radical (unpaired) electrons. The van der Waals surface area contributed by atoms with Crippen molar-refractivity contribution < 1.29 is 9.13 Å². The lowest BCUT2D eigenvalue weighted by molar-refractivity contribution is -0.0664. The van der Waals surface area contributed by atoms with Gasteiger partial charge in [-0.05, 0) is 39.5 Å². The van der Waals surface area contributed by atoms with Gasteiger partial charge in [-0.25, -0.2) is 4.39 Å². The summed E-state index contributed by atoms with van der Waals surface area (Å²) >= 11 is 0. The molecule has 1 aliphatic carbocycles. The Morgan fingerprint density at radius 2 is 2.00 bits per heavy atom. The summed E-state index contributed by atoms with van der Waals surface area (Å²) < 4.78 is 18.2. The Morgan fingerprint density at radius 3 is 2.57 bits per heavy atom. The first-order valence-corrected chi connectivity index (χ1v) is 5.59. The van der Waals surface area contributed by atoms with Gasteiger partial charge in [0.1, 0.15) is 6.17 Å². The molecule has 0 aromatic rings. The third kappa shape index (κ3) is 2.45. The molecule has 0 spiro atoms. The van der Waals surface area contributed by atoms with Gasteiger partial charge in [-0.2, -0.15) is 0 Å². The molecule has 3 heteroatoms. The summed E-state index contributed by atoms with van der Waals surface area (Å²) in [7, 11) is 0. The van der Waals surface area contributed by atoms with E-state index < -0.39 is 6.17 Å². The van der Waals surface area contributed by atoms with E-state index in [1.54, 1.807) is 0 Å². The maximum absolute atomic E-state index is 12.6. The SMILES string of the molecule is CC1(C)CC(NC2CC(F)C2)CCO1. The second kappa shape index (κ2) is 3.78. The lowest BCUT2D eigenvalue weighted by Gasteiger charge is -2.40. The van der Waals surface area contributed by atoms with Crippen LogP contribution in [0.15, 0.2) is 0 Å². The predicted molar refractivity (Wildman–Crippen MR) is 54.1 cm³/mol. The summed E-state index contributed by atoms with van der Waals surface area (Å²) in [5, 5.41) is 3.52. The molecule has 0 aromatic carbocycles. The third-order valence-corrected chi connectivity index (χ3v) is 3.25. The van der Waals surface area contributed by atoms with Crippen molar-refractivity contribution in [1.82, 2.24) is 5.32 Å². The Labute approximate surface area is 85.2 Å². The van der Waals surface area contributed by atoms with Crippen molar-refractivity contribution in [2.24, 2.45) is 0 Å². The molecule has 82 valence electrons. The Bertz CT molecular complexity index is 201. The van der Waals surface area contributed by atoms with Gasteiger partial charge in [-0.3, -0.25) is 0 Å². The Kier molecular flexibility index (Phi) is 2.80. The zero-order valence-electron chi connectivity index (χ0n) is 9.05. The molecule has 2 nitrogen and oxygen atoms in total. The van der Waals surface area contributed by atoms with Crippen LogP contribution in [0.25, 0.3) is 0 Å². The first kappa shape index (κ1) is 10.4. The van der Waals surface area contributed by atoms with Gasteiger partial charge in [0, 0.05) is 18.7 Å². The lowest BCUT2D eigenvalue weighted by Crippen LogP contribution is -2.51. The largest absolute Gasteiger partial charge is 0.375 e. The van der Waals surface area contributed by atoms with Crippen LogP contribution in [0.3, 0.4) is 0 Å². The molecule has 0 aromatic heterocycles. The molecular weight excluding hydrogens is 181 g/mol. The highest BCUT2D eigenvalue weighted by Gasteiger charge is 2.34. The Morgan fingerprint density at radius 1 is 1.29 bits per heavy atom. The van der Waals surface area contributed by atoms with E-state index in [2.05, 4.69) is 19.2 Å². The van der Waals surface area contributed by atoms with Crippen molar-refractivity contribution in [2.75, 3.05) is 6.61 Å². The highest BCUT2D eigenvalue weighted by Crippen LogP contribution is 2.28. The van der Waals surface area contributed by atoms with E-state index in [9.17, 15) is 4.39 Å². The van der Waals surface area contributed by atoms with Crippen LogP contribution in [-0.4, -0.2) is 30.5 Å². The number of alkyl halides is 1. The van der Waals surface area contributed by atoms with Gasteiger partial charge in [-0.1, -0.05) is 0 Å². The summed E-state index contributed by atoms with van der Waals surface area (Å²) in [6.07, 6.45) is 2.97. The molecule has 1 aliphatic heterocycles. The Hall–Kier alpha value is -0.150. The molecule has 1 saturated heterocycles. The summed E-state index contributed by atoms with van der Waals surface area (Å²) in [4.78, 5) is 0. The highest BCUT2D eigenvalue weighted by atomic mass is 19.1. The number of rotatable bonds is 2. The van der Waals surface area contributed by atoms with Gasteiger partial charge in [0.15, 0.2) is 0 Å². The zero-order valence-corrected chi connectivity index (χ0v) is 9.05. The second-order valence-corrected chi connectivity index (χ2v) is 5.23. The van der Waals surface area contributed by atoms with Gasteiger partial charge >= 0.3 is 0 Å². The number of hydrogen-bond donors (Lipinski definition) is 1. The normalized spacial score (nSPS) is 41.8. The van der Waals surface area contributed by atoms with Gasteiger partial charge in [0.2, 0.25) is 0 Å². The molecule has 1 saturated carbocycles. The Balaban J connectivity index is 1.75. The van der Waals surface area contributed by atoms with Crippen LogP contribution in [0.1, 0.15) is 39.5 Å². The summed E-state index contributed by atoms with van der Waals surface area (Å²) in [5.41, 5.74) is -0.00518. The quantitative estimate of drug-likeness (QED) is 0.738. The molecule has 1 N–H and O–H groups in total. The van der Waals surface area contributed by atoms with Crippen LogP contribution in [-0.2, 0) is 4.74 Å². The average Bonchev–Trinajstić information content (AvgIpc) is 1.99. The number of halogens is 1. The van der Waals surface area contributed by atoms with Crippen LogP contribution < -0.4 is 5.32 Å². The van der Waals surface area contributed by atoms with Crippen molar-refractivity contribution in [3.05, 3.63) is 0 Å². The van der Waals surface area contributed by atoms with Gasteiger partial charge < -0.3 is 10.1 Å². The lowest BCUT2D eigenvalue weighted by atomic mass is 9.87. The van der Waals surface area contributed by atoms with E-state index in [1.165, 1.54) is 0 Å². The summed E-state index contributed by atoms with van der Waals surface area (Å²) in [6, 6.07) is 0.945. The average molecular weight is 201 g/mol. The van der Waals surface area contributed by atoms with Gasteiger partial charge in [-0.15, -0.1) is 0 Å². The van der Waals surface area contributed by atoms with E-state index in [0.29, 0.717) is 24.9 Å². The van der Waals surface area contributed by atoms with Crippen LogP contribution in [0, 0.1) is 0 Å². The van der Waals surface area contributed by atoms with E-state index in [4.69, 9.17) is 4.74 Å². The molecule has 14 heavy (non-hydrogen) atoms. The zero-order chi connectivity index (χ0) is 10.2. The summed E-state index contributed by atoms with van der Waals surface area (Å²) in [6.45, 7) is 5.08. The van der Waals surface area contributed by atoms with Crippen LogP contribution in [0.4, 0.5) is 4.39 Å². The van der Waals surface area contributed by atoms with E-state index in [-0.39, 0.29) is 5.60 Å². The minimum Gasteiger partial charge on any atom is -0.375 e. The van der Waals surface area contributed by atoms with Crippen LogP contribution in [0.5, 0.6) is 0 Å². The van der Waals surface area contributed by atoms with Crippen molar-refractivity contribution >= 4 is 0 Å². The molecule has 2 fully saturated rings. The highest BCUT2D eigenvalue weighted by molar-refractivity contribution is 4.90. The predicted octanol–water partition coefficient (Wildman–Crippen LogP) is 2.03. The molecule has 1 unspecified atom stereocenters. The first-order valence-electron chi connectivity index (χ1n) is 5.59. The fourth-order valence-electron chi connectivity index (χ4n) is 2.39. The smallest absolute Gasteiger partial charge is 0.103 e. The number of hydrogen-bond acceptors (Lipinski definition) is 2. The fourth-order valence-corrected chi connectivity index (χ4v) is 2.39. The maximum atomic E-state index is 12.6. The van der Waals surface area contributed by atoms with E-state index in [1.807, 2.05) is 0 Å². The van der Waals surface area contributed by atoms with Crippen LogP contribution in [0.2, 0.25) is 0 Å². The van der Waals surface area contributed by atoms with E-state index >= 15 is 0 Å². The minimum absolute atomic E-state index is 0.00518.